The van der Waals surface area contributed by atoms with E-state index in [1.165, 1.54) is 11.0 Å². The van der Waals surface area contributed by atoms with E-state index in [4.69, 9.17) is 5.73 Å². The molecule has 1 aliphatic heterocycles. The van der Waals surface area contributed by atoms with Gasteiger partial charge in [0.15, 0.2) is 0 Å². The highest BCUT2D eigenvalue weighted by atomic mass is 19.1. The number of carboxylic acids is 1. The lowest BCUT2D eigenvalue weighted by Crippen LogP contribution is -2.49. The normalized spacial score (nSPS) is 23.2. The predicted octanol–water partition coefficient (Wildman–Crippen LogP) is 2.56. The molecule has 1 amide bonds. The van der Waals surface area contributed by atoms with E-state index in [1.54, 1.807) is 6.08 Å². The molecule has 1 aromatic rings. The average Bonchev–Trinajstić information content (AvgIpc) is 2.62. The van der Waals surface area contributed by atoms with Crippen molar-refractivity contribution in [1.82, 2.24) is 4.90 Å². The first-order chi connectivity index (χ1) is 12.5. The van der Waals surface area contributed by atoms with Gasteiger partial charge < -0.3 is 15.7 Å². The van der Waals surface area contributed by atoms with Crippen LogP contribution in [0.15, 0.2) is 48.3 Å². The molecule has 0 fully saturated rings. The summed E-state index contributed by atoms with van der Waals surface area (Å²) in [6.07, 6.45) is 6.20. The Kier molecular flexibility index (Phi) is 5.52. The second-order valence-corrected chi connectivity index (χ2v) is 6.96. The van der Waals surface area contributed by atoms with Crippen LogP contribution in [0.25, 0.3) is 0 Å². The van der Waals surface area contributed by atoms with Crippen LogP contribution in [0.5, 0.6) is 0 Å². The lowest BCUT2D eigenvalue weighted by Gasteiger charge is -2.35. The summed E-state index contributed by atoms with van der Waals surface area (Å²) in [6, 6.07) is 6.14. The molecule has 3 atom stereocenters. The molecule has 1 aromatic carbocycles. The molecule has 3 rings (SSSR count). The van der Waals surface area contributed by atoms with Crippen LogP contribution in [0.1, 0.15) is 30.4 Å². The molecular formula is C20H23FN2O3. The summed E-state index contributed by atoms with van der Waals surface area (Å²) in [4.78, 5) is 25.7. The van der Waals surface area contributed by atoms with E-state index in [0.29, 0.717) is 12.8 Å². The number of benzene rings is 1. The zero-order valence-electron chi connectivity index (χ0n) is 14.5. The van der Waals surface area contributed by atoms with Gasteiger partial charge in [-0.25, -0.2) is 9.18 Å². The van der Waals surface area contributed by atoms with Crippen LogP contribution < -0.4 is 5.73 Å². The van der Waals surface area contributed by atoms with Crippen molar-refractivity contribution >= 4 is 11.9 Å². The molecule has 0 bridgehead atoms. The van der Waals surface area contributed by atoms with Gasteiger partial charge >= 0.3 is 5.97 Å². The molecule has 2 aliphatic rings. The summed E-state index contributed by atoms with van der Waals surface area (Å²) in [5.41, 5.74) is 7.99. The van der Waals surface area contributed by atoms with E-state index in [9.17, 15) is 19.1 Å². The van der Waals surface area contributed by atoms with Crippen molar-refractivity contribution in [2.45, 2.75) is 44.3 Å². The molecule has 0 aromatic heterocycles. The van der Waals surface area contributed by atoms with Crippen LogP contribution in [0.3, 0.4) is 0 Å². The van der Waals surface area contributed by atoms with Gasteiger partial charge in [0.25, 0.3) is 0 Å². The fourth-order valence-corrected chi connectivity index (χ4v) is 3.66. The maximum atomic E-state index is 13.8. The van der Waals surface area contributed by atoms with Crippen LogP contribution in [-0.4, -0.2) is 34.0 Å². The molecule has 0 saturated carbocycles. The van der Waals surface area contributed by atoms with Crippen molar-refractivity contribution in [1.29, 1.82) is 0 Å². The molecule has 1 heterocycles. The summed E-state index contributed by atoms with van der Waals surface area (Å²) < 4.78 is 13.8. The number of hydrogen-bond acceptors (Lipinski definition) is 3. The van der Waals surface area contributed by atoms with E-state index >= 15 is 0 Å². The topological polar surface area (TPSA) is 83.6 Å². The predicted molar refractivity (Wildman–Crippen MR) is 95.8 cm³/mol. The van der Waals surface area contributed by atoms with Gasteiger partial charge in [-0.15, -0.1) is 0 Å². The van der Waals surface area contributed by atoms with Gasteiger partial charge in [0.1, 0.15) is 11.9 Å². The molecule has 138 valence electrons. The Balaban J connectivity index is 1.66. The van der Waals surface area contributed by atoms with Crippen LogP contribution in [-0.2, 0) is 22.6 Å². The molecule has 1 unspecified atom stereocenters. The molecule has 5 nitrogen and oxygen atoms in total. The van der Waals surface area contributed by atoms with Crippen molar-refractivity contribution in [3.63, 3.8) is 0 Å². The van der Waals surface area contributed by atoms with Gasteiger partial charge in [-0.1, -0.05) is 36.4 Å². The van der Waals surface area contributed by atoms with Gasteiger partial charge in [-0.05, 0) is 30.0 Å². The fourth-order valence-electron chi connectivity index (χ4n) is 3.66. The number of amides is 1. The summed E-state index contributed by atoms with van der Waals surface area (Å²) in [5.74, 6) is -1.84. The largest absolute Gasteiger partial charge is 0.480 e. The van der Waals surface area contributed by atoms with E-state index < -0.39 is 18.1 Å². The van der Waals surface area contributed by atoms with Crippen molar-refractivity contribution < 1.29 is 19.1 Å². The smallest absolute Gasteiger partial charge is 0.326 e. The number of nitrogens with two attached hydrogens (primary N) is 1. The number of aliphatic carboxylic acids is 1. The fraction of sp³-hybridized carbons (Fsp3) is 0.400. The molecule has 0 radical (unpaired) electrons. The number of allylic oxidation sites excluding steroid dienone is 4. The van der Waals surface area contributed by atoms with Crippen LogP contribution in [0.4, 0.5) is 4.39 Å². The quantitative estimate of drug-likeness (QED) is 0.847. The molecule has 3 N–H and O–H groups in total. The maximum Gasteiger partial charge on any atom is 0.326 e. The summed E-state index contributed by atoms with van der Waals surface area (Å²) in [7, 11) is 0. The van der Waals surface area contributed by atoms with Gasteiger partial charge in [0.05, 0.1) is 0 Å². The molecular weight excluding hydrogens is 335 g/mol. The Morgan fingerprint density at radius 2 is 2.04 bits per heavy atom. The maximum absolute atomic E-state index is 13.8. The van der Waals surface area contributed by atoms with Gasteiger partial charge in [-0.2, -0.15) is 0 Å². The molecule has 0 saturated heterocycles. The standard InChI is InChI=1S/C20H23FN2O3/c21-17-8-4-3-6-14(17)9-16(22)11-19(24)23-12-15-7-2-1-5-13(15)10-18(23)20(25)26/h1-5,7-8,14,16,18H,6,9-12,22H2,(H,25,26)/t14?,16-,18+/m1/s1. The molecule has 1 aliphatic carbocycles. The lowest BCUT2D eigenvalue weighted by atomic mass is 9.90. The van der Waals surface area contributed by atoms with Crippen LogP contribution >= 0.6 is 0 Å². The highest BCUT2D eigenvalue weighted by Gasteiger charge is 2.35. The first kappa shape index (κ1) is 18.3. The number of carboxylic acid groups (broad SMARTS) is 1. The minimum atomic E-state index is -1.02. The SMILES string of the molecule is N[C@@H](CC(=O)N1Cc2ccccc2C[C@H]1C(=O)O)CC1CC=CC=C1F. The minimum absolute atomic E-state index is 0.0133. The zero-order chi connectivity index (χ0) is 18.7. The number of hydrogen-bond donors (Lipinski definition) is 2. The minimum Gasteiger partial charge on any atom is -0.480 e. The summed E-state index contributed by atoms with van der Waals surface area (Å²) in [5, 5.41) is 9.52. The summed E-state index contributed by atoms with van der Waals surface area (Å²) >= 11 is 0. The number of fused-ring (bicyclic) bond motifs is 1. The first-order valence-electron chi connectivity index (χ1n) is 8.82. The van der Waals surface area contributed by atoms with Gasteiger partial charge in [0, 0.05) is 31.3 Å². The monoisotopic (exact) mass is 358 g/mol. The third-order valence-electron chi connectivity index (χ3n) is 5.08. The van der Waals surface area contributed by atoms with Crippen molar-refractivity contribution in [3.05, 3.63) is 59.4 Å². The number of rotatable bonds is 5. The lowest BCUT2D eigenvalue weighted by molar-refractivity contribution is -0.151. The first-order valence-corrected chi connectivity index (χ1v) is 8.82. The Labute approximate surface area is 152 Å². The Hall–Kier alpha value is -2.47. The summed E-state index contributed by atoms with van der Waals surface area (Å²) in [6.45, 7) is 0.263. The van der Waals surface area contributed by atoms with Gasteiger partial charge in [-0.3, -0.25) is 4.79 Å². The van der Waals surface area contributed by atoms with Gasteiger partial charge in [0.2, 0.25) is 5.91 Å². The molecule has 6 heteroatoms. The van der Waals surface area contributed by atoms with E-state index in [-0.39, 0.29) is 37.0 Å². The third kappa shape index (κ3) is 4.02. The second-order valence-electron chi connectivity index (χ2n) is 6.96. The second kappa shape index (κ2) is 7.83. The highest BCUT2D eigenvalue weighted by molar-refractivity contribution is 5.84. The Morgan fingerprint density at radius 3 is 2.73 bits per heavy atom. The van der Waals surface area contributed by atoms with Crippen molar-refractivity contribution in [3.8, 4) is 0 Å². The third-order valence-corrected chi connectivity index (χ3v) is 5.08. The number of carbonyl (C=O) groups excluding carboxylic acids is 1. The Morgan fingerprint density at radius 1 is 1.31 bits per heavy atom. The molecule has 0 spiro atoms. The van der Waals surface area contributed by atoms with E-state index in [1.807, 2.05) is 30.3 Å². The average molecular weight is 358 g/mol. The van der Waals surface area contributed by atoms with Crippen LogP contribution in [0.2, 0.25) is 0 Å². The number of nitrogens with zero attached hydrogens (tertiary/aromatic N) is 1. The zero-order valence-corrected chi connectivity index (χ0v) is 14.5. The van der Waals surface area contributed by atoms with Crippen molar-refractivity contribution in [2.75, 3.05) is 0 Å². The van der Waals surface area contributed by atoms with E-state index in [0.717, 1.165) is 11.1 Å². The molecule has 26 heavy (non-hydrogen) atoms. The highest BCUT2D eigenvalue weighted by Crippen LogP contribution is 2.28. The van der Waals surface area contributed by atoms with Crippen molar-refractivity contribution in [2.24, 2.45) is 11.7 Å². The number of halogens is 1. The van der Waals surface area contributed by atoms with E-state index in [2.05, 4.69) is 0 Å². The van der Waals surface area contributed by atoms with Crippen LogP contribution in [0, 0.1) is 5.92 Å². The Bertz CT molecular complexity index is 759. The number of carbonyl (C=O) groups is 2.